The normalized spacial score (nSPS) is 10.0. The molecule has 1 aromatic carbocycles. The Morgan fingerprint density at radius 1 is 1.55 bits per heavy atom. The zero-order valence-corrected chi connectivity index (χ0v) is 8.15. The Morgan fingerprint density at radius 3 is 3.00 bits per heavy atom. The average Bonchev–Trinajstić information content (AvgIpc) is 2.01. The Labute approximate surface area is 74.4 Å². The highest BCUT2D eigenvalue weighted by Crippen LogP contribution is 2.02. The van der Waals surface area contributed by atoms with Gasteiger partial charge in [0.15, 0.2) is 0 Å². The molecule has 3 heteroatoms. The number of rotatable bonds is 3. The average molecular weight is 184 g/mol. The highest BCUT2D eigenvalue weighted by molar-refractivity contribution is 6.92. The zero-order valence-electron chi connectivity index (χ0n) is 6.39. The van der Waals surface area contributed by atoms with Crippen LogP contribution in [-0.2, 0) is 6.54 Å². The van der Waals surface area contributed by atoms with Crippen LogP contribution in [0.4, 0.5) is 0 Å². The SMILES string of the molecule is Cc1cccc(CN[Si]Cl)c1. The molecule has 1 nitrogen and oxygen atoms in total. The van der Waals surface area contributed by atoms with Crippen molar-refractivity contribution in [3.8, 4) is 0 Å². The molecule has 2 radical (unpaired) electrons. The fourth-order valence-corrected chi connectivity index (χ4v) is 1.43. The predicted octanol–water partition coefficient (Wildman–Crippen LogP) is 1.86. The summed E-state index contributed by atoms with van der Waals surface area (Å²) in [6.07, 6.45) is 0. The Kier molecular flexibility index (Phi) is 3.63. The summed E-state index contributed by atoms with van der Waals surface area (Å²) in [6.45, 7) is 2.95. The van der Waals surface area contributed by atoms with Crippen LogP contribution in [-0.4, -0.2) is 8.99 Å². The van der Waals surface area contributed by atoms with Gasteiger partial charge in [0.25, 0.3) is 8.99 Å². The van der Waals surface area contributed by atoms with Crippen molar-refractivity contribution in [1.29, 1.82) is 0 Å². The van der Waals surface area contributed by atoms with E-state index in [2.05, 4.69) is 36.2 Å². The monoisotopic (exact) mass is 183 g/mol. The van der Waals surface area contributed by atoms with Crippen molar-refractivity contribution in [2.45, 2.75) is 13.5 Å². The Morgan fingerprint density at radius 2 is 2.36 bits per heavy atom. The van der Waals surface area contributed by atoms with Crippen LogP contribution in [0, 0.1) is 6.92 Å². The van der Waals surface area contributed by atoms with Gasteiger partial charge in [-0.15, -0.1) is 11.1 Å². The lowest BCUT2D eigenvalue weighted by molar-refractivity contribution is 0.956. The van der Waals surface area contributed by atoms with Crippen molar-refractivity contribution in [2.75, 3.05) is 0 Å². The van der Waals surface area contributed by atoms with Crippen LogP contribution in [0.25, 0.3) is 0 Å². The van der Waals surface area contributed by atoms with E-state index in [1.54, 1.807) is 0 Å². The van der Waals surface area contributed by atoms with Crippen LogP contribution in [0.3, 0.4) is 0 Å². The first-order valence-electron chi connectivity index (χ1n) is 3.47. The standard InChI is InChI=1S/C8H10ClNSi/c1-7-3-2-4-8(5-7)6-10-11-9/h2-5,10H,6H2,1H3. The van der Waals surface area contributed by atoms with Crippen LogP contribution in [0.15, 0.2) is 24.3 Å². The number of nitrogens with one attached hydrogen (secondary N) is 1. The quantitative estimate of drug-likeness (QED) is 0.557. The number of aryl methyl sites for hydroxylation is 1. The van der Waals surface area contributed by atoms with Gasteiger partial charge in [-0.2, -0.15) is 0 Å². The van der Waals surface area contributed by atoms with Crippen LogP contribution < -0.4 is 4.98 Å². The zero-order chi connectivity index (χ0) is 8.10. The van der Waals surface area contributed by atoms with Gasteiger partial charge in [0.2, 0.25) is 0 Å². The molecular formula is C8H10ClNSi. The summed E-state index contributed by atoms with van der Waals surface area (Å²) in [4.78, 5) is 3.08. The Balaban J connectivity index is 2.56. The first-order valence-corrected chi connectivity index (χ1v) is 5.48. The summed E-state index contributed by atoms with van der Waals surface area (Å²) < 4.78 is 0. The van der Waals surface area contributed by atoms with Crippen molar-refractivity contribution < 1.29 is 0 Å². The third-order valence-corrected chi connectivity index (χ3v) is 2.15. The molecule has 0 saturated heterocycles. The second kappa shape index (κ2) is 4.54. The minimum absolute atomic E-state index is 0.302. The molecule has 1 N–H and O–H groups in total. The highest BCUT2D eigenvalue weighted by Gasteiger charge is 1.91. The van der Waals surface area contributed by atoms with Crippen LogP contribution >= 0.6 is 11.1 Å². The van der Waals surface area contributed by atoms with E-state index in [9.17, 15) is 0 Å². The summed E-state index contributed by atoms with van der Waals surface area (Å²) in [5.41, 5.74) is 2.58. The highest BCUT2D eigenvalue weighted by atomic mass is 35.6. The van der Waals surface area contributed by atoms with Crippen molar-refractivity contribution in [2.24, 2.45) is 0 Å². The summed E-state index contributed by atoms with van der Waals surface area (Å²) in [6, 6.07) is 8.40. The second-order valence-electron chi connectivity index (χ2n) is 2.44. The third-order valence-electron chi connectivity index (χ3n) is 1.44. The van der Waals surface area contributed by atoms with Gasteiger partial charge >= 0.3 is 0 Å². The Hall–Kier alpha value is -0.313. The van der Waals surface area contributed by atoms with Crippen molar-refractivity contribution in [3.05, 3.63) is 35.4 Å². The van der Waals surface area contributed by atoms with Crippen molar-refractivity contribution in [1.82, 2.24) is 4.98 Å². The maximum atomic E-state index is 5.51. The van der Waals surface area contributed by atoms with Gasteiger partial charge in [0.05, 0.1) is 0 Å². The molecule has 0 aliphatic carbocycles. The molecule has 0 bridgehead atoms. The van der Waals surface area contributed by atoms with Gasteiger partial charge in [0, 0.05) is 6.54 Å². The molecule has 0 atom stereocenters. The van der Waals surface area contributed by atoms with Crippen LogP contribution in [0.1, 0.15) is 11.1 Å². The van der Waals surface area contributed by atoms with E-state index in [0.29, 0.717) is 8.99 Å². The van der Waals surface area contributed by atoms with Gasteiger partial charge in [-0.1, -0.05) is 29.8 Å². The van der Waals surface area contributed by atoms with Crippen LogP contribution in [0.5, 0.6) is 0 Å². The maximum Gasteiger partial charge on any atom is 0.270 e. The molecule has 0 spiro atoms. The lowest BCUT2D eigenvalue weighted by atomic mass is 10.1. The number of benzene rings is 1. The van der Waals surface area contributed by atoms with E-state index in [1.807, 2.05) is 0 Å². The van der Waals surface area contributed by atoms with Gasteiger partial charge < -0.3 is 4.98 Å². The number of hydrogen-bond donors (Lipinski definition) is 1. The first-order chi connectivity index (χ1) is 5.33. The first kappa shape index (κ1) is 8.78. The molecule has 0 unspecified atom stereocenters. The second-order valence-corrected chi connectivity index (χ2v) is 3.55. The molecule has 0 heterocycles. The smallest absolute Gasteiger partial charge is 0.270 e. The fourth-order valence-electron chi connectivity index (χ4n) is 0.958. The topological polar surface area (TPSA) is 12.0 Å². The van der Waals surface area contributed by atoms with Crippen molar-refractivity contribution >= 4 is 20.1 Å². The van der Waals surface area contributed by atoms with E-state index in [-0.39, 0.29) is 0 Å². The number of hydrogen-bond acceptors (Lipinski definition) is 1. The van der Waals surface area contributed by atoms with Crippen LogP contribution in [0.2, 0.25) is 0 Å². The molecule has 0 aliphatic heterocycles. The maximum absolute atomic E-state index is 5.51. The molecule has 0 fully saturated rings. The molecule has 0 aromatic heterocycles. The fraction of sp³-hybridized carbons (Fsp3) is 0.250. The minimum Gasteiger partial charge on any atom is -0.322 e. The largest absolute Gasteiger partial charge is 0.322 e. The summed E-state index contributed by atoms with van der Waals surface area (Å²) >= 11 is 5.51. The minimum atomic E-state index is 0.302. The van der Waals surface area contributed by atoms with Gasteiger partial charge in [-0.3, -0.25) is 0 Å². The molecule has 1 aromatic rings. The lowest BCUT2D eigenvalue weighted by Gasteiger charge is -2.00. The van der Waals surface area contributed by atoms with Gasteiger partial charge in [-0.05, 0) is 12.5 Å². The summed E-state index contributed by atoms with van der Waals surface area (Å²) in [5.74, 6) is 0. The van der Waals surface area contributed by atoms with Gasteiger partial charge in [0.1, 0.15) is 0 Å². The molecule has 0 aliphatic rings. The molecule has 0 amide bonds. The van der Waals surface area contributed by atoms with Gasteiger partial charge in [-0.25, -0.2) is 0 Å². The molecule has 0 saturated carbocycles. The molecule has 1 rings (SSSR count). The Bertz CT molecular complexity index is 227. The van der Waals surface area contributed by atoms with E-state index < -0.39 is 0 Å². The van der Waals surface area contributed by atoms with Crippen molar-refractivity contribution in [3.63, 3.8) is 0 Å². The van der Waals surface area contributed by atoms with E-state index in [4.69, 9.17) is 11.1 Å². The number of halogens is 1. The predicted molar refractivity (Wildman–Crippen MR) is 49.6 cm³/mol. The summed E-state index contributed by atoms with van der Waals surface area (Å²) in [7, 11) is 0.302. The molecule has 58 valence electrons. The lowest BCUT2D eigenvalue weighted by Crippen LogP contribution is -2.13. The van der Waals surface area contributed by atoms with E-state index in [1.165, 1.54) is 11.1 Å². The molecular weight excluding hydrogens is 174 g/mol. The van der Waals surface area contributed by atoms with E-state index in [0.717, 1.165) is 6.54 Å². The summed E-state index contributed by atoms with van der Waals surface area (Å²) in [5, 5.41) is 0. The third kappa shape index (κ3) is 3.06. The van der Waals surface area contributed by atoms with E-state index >= 15 is 0 Å². The molecule has 11 heavy (non-hydrogen) atoms.